The number of carbonyl (C=O) groups excluding carboxylic acids is 1. The van der Waals surface area contributed by atoms with Crippen molar-refractivity contribution in [2.24, 2.45) is 0 Å². The molecule has 0 atom stereocenters. The Hall–Kier alpha value is -2.20. The van der Waals surface area contributed by atoms with Crippen molar-refractivity contribution in [3.63, 3.8) is 0 Å². The number of rotatable bonds is 5. The highest BCUT2D eigenvalue weighted by Gasteiger charge is 2.09. The summed E-state index contributed by atoms with van der Waals surface area (Å²) in [5, 5.41) is 3.25. The highest BCUT2D eigenvalue weighted by Crippen LogP contribution is 2.22. The van der Waals surface area contributed by atoms with Gasteiger partial charge in [0.05, 0.1) is 24.8 Å². The molecule has 2 aromatic rings. The molecule has 5 heteroatoms. The molecule has 1 amide bonds. The fourth-order valence-corrected chi connectivity index (χ4v) is 2.11. The first-order chi connectivity index (χ1) is 10.1. The highest BCUT2D eigenvalue weighted by atomic mass is 35.5. The van der Waals surface area contributed by atoms with Crippen LogP contribution in [0.5, 0.6) is 11.5 Å². The van der Waals surface area contributed by atoms with Crippen LogP contribution >= 0.6 is 11.6 Å². The number of methoxy groups -OCH3 is 2. The van der Waals surface area contributed by atoms with E-state index in [-0.39, 0.29) is 5.91 Å². The van der Waals surface area contributed by atoms with Gasteiger partial charge in [-0.05, 0) is 29.8 Å². The first kappa shape index (κ1) is 15.2. The Morgan fingerprint density at radius 2 is 1.71 bits per heavy atom. The van der Waals surface area contributed by atoms with Crippen molar-refractivity contribution in [3.05, 3.63) is 58.6 Å². The predicted molar refractivity (Wildman–Crippen MR) is 82.2 cm³/mol. The Bertz CT molecular complexity index is 621. The summed E-state index contributed by atoms with van der Waals surface area (Å²) >= 11 is 6.00. The topological polar surface area (TPSA) is 47.6 Å². The van der Waals surface area contributed by atoms with Gasteiger partial charge < -0.3 is 14.8 Å². The van der Waals surface area contributed by atoms with E-state index in [1.54, 1.807) is 44.6 Å². The molecule has 0 spiro atoms. The second-order valence-electron chi connectivity index (χ2n) is 4.38. The summed E-state index contributed by atoms with van der Waals surface area (Å²) < 4.78 is 10.4. The maximum atomic E-state index is 12.1. The van der Waals surface area contributed by atoms with E-state index in [0.29, 0.717) is 28.6 Å². The minimum Gasteiger partial charge on any atom is -0.497 e. The van der Waals surface area contributed by atoms with Gasteiger partial charge in [0, 0.05) is 12.6 Å². The second kappa shape index (κ2) is 6.99. The molecule has 21 heavy (non-hydrogen) atoms. The zero-order chi connectivity index (χ0) is 15.2. The molecule has 0 aliphatic carbocycles. The summed E-state index contributed by atoms with van der Waals surface area (Å²) in [5.74, 6) is 1.13. The van der Waals surface area contributed by atoms with Gasteiger partial charge in [0.1, 0.15) is 11.5 Å². The molecule has 0 aliphatic heterocycles. The van der Waals surface area contributed by atoms with Gasteiger partial charge in [-0.25, -0.2) is 0 Å². The molecule has 2 rings (SSSR count). The van der Waals surface area contributed by atoms with E-state index >= 15 is 0 Å². The maximum absolute atomic E-state index is 12.1. The van der Waals surface area contributed by atoms with Crippen molar-refractivity contribution in [1.82, 2.24) is 5.32 Å². The molecule has 0 unspecified atom stereocenters. The fourth-order valence-electron chi connectivity index (χ4n) is 1.89. The average Bonchev–Trinajstić information content (AvgIpc) is 2.52. The second-order valence-corrected chi connectivity index (χ2v) is 4.79. The van der Waals surface area contributed by atoms with Crippen LogP contribution in [0.15, 0.2) is 42.5 Å². The van der Waals surface area contributed by atoms with Crippen LogP contribution in [-0.2, 0) is 6.54 Å². The summed E-state index contributed by atoms with van der Waals surface area (Å²) in [6, 6.07) is 12.4. The molecule has 0 aliphatic rings. The highest BCUT2D eigenvalue weighted by molar-refractivity contribution is 6.33. The first-order valence-corrected chi connectivity index (χ1v) is 6.76. The number of nitrogens with one attached hydrogen (secondary N) is 1. The Kier molecular flexibility index (Phi) is 5.06. The summed E-state index contributed by atoms with van der Waals surface area (Å²) in [6.07, 6.45) is 0. The third-order valence-electron chi connectivity index (χ3n) is 2.98. The van der Waals surface area contributed by atoms with Gasteiger partial charge in [0.2, 0.25) is 0 Å². The molecule has 110 valence electrons. The largest absolute Gasteiger partial charge is 0.497 e. The average molecular weight is 306 g/mol. The molecule has 2 aromatic carbocycles. The van der Waals surface area contributed by atoms with Crippen LogP contribution in [0.1, 0.15) is 15.9 Å². The van der Waals surface area contributed by atoms with E-state index in [2.05, 4.69) is 5.32 Å². The van der Waals surface area contributed by atoms with Crippen LogP contribution in [0.4, 0.5) is 0 Å². The Balaban J connectivity index is 2.09. The number of ether oxygens (including phenoxy) is 2. The van der Waals surface area contributed by atoms with Gasteiger partial charge in [-0.2, -0.15) is 0 Å². The van der Waals surface area contributed by atoms with E-state index in [9.17, 15) is 4.79 Å². The van der Waals surface area contributed by atoms with Crippen molar-refractivity contribution in [3.8, 4) is 11.5 Å². The number of hydrogen-bond acceptors (Lipinski definition) is 3. The Morgan fingerprint density at radius 1 is 1.10 bits per heavy atom. The lowest BCUT2D eigenvalue weighted by molar-refractivity contribution is 0.0951. The summed E-state index contributed by atoms with van der Waals surface area (Å²) in [5.41, 5.74) is 1.33. The maximum Gasteiger partial charge on any atom is 0.253 e. The van der Waals surface area contributed by atoms with Gasteiger partial charge in [-0.15, -0.1) is 0 Å². The molecule has 0 saturated heterocycles. The number of carbonyl (C=O) groups is 1. The number of halogens is 1. The van der Waals surface area contributed by atoms with Crippen LogP contribution in [-0.4, -0.2) is 20.1 Å². The third-order valence-corrected chi connectivity index (χ3v) is 3.31. The smallest absolute Gasteiger partial charge is 0.253 e. The van der Waals surface area contributed by atoms with Crippen LogP contribution < -0.4 is 14.8 Å². The summed E-state index contributed by atoms with van der Waals surface area (Å²) in [4.78, 5) is 12.1. The van der Waals surface area contributed by atoms with Crippen LogP contribution in [0, 0.1) is 0 Å². The molecule has 0 bridgehead atoms. The van der Waals surface area contributed by atoms with Gasteiger partial charge in [-0.3, -0.25) is 4.79 Å². The number of benzene rings is 2. The van der Waals surface area contributed by atoms with Crippen molar-refractivity contribution in [1.29, 1.82) is 0 Å². The quantitative estimate of drug-likeness (QED) is 0.922. The minimum atomic E-state index is -0.220. The van der Waals surface area contributed by atoms with Crippen LogP contribution in [0.25, 0.3) is 0 Å². The molecule has 0 aromatic heterocycles. The lowest BCUT2D eigenvalue weighted by atomic mass is 10.1. The van der Waals surface area contributed by atoms with Crippen LogP contribution in [0.2, 0.25) is 5.02 Å². The predicted octanol–water partition coefficient (Wildman–Crippen LogP) is 3.29. The zero-order valence-corrected chi connectivity index (χ0v) is 12.6. The molecular formula is C16H16ClNO3. The third kappa shape index (κ3) is 3.89. The van der Waals surface area contributed by atoms with Gasteiger partial charge >= 0.3 is 0 Å². The molecule has 0 heterocycles. The number of hydrogen-bond donors (Lipinski definition) is 1. The van der Waals surface area contributed by atoms with Crippen molar-refractivity contribution in [2.45, 2.75) is 6.54 Å². The molecule has 4 nitrogen and oxygen atoms in total. The lowest BCUT2D eigenvalue weighted by Crippen LogP contribution is -2.23. The Labute approximate surface area is 128 Å². The standard InChI is InChI=1S/C16H16ClNO3/c1-20-12-7-11(8-13(9-12)21-2)10-18-16(19)14-5-3-4-6-15(14)17/h3-9H,10H2,1-2H3,(H,18,19). The van der Waals surface area contributed by atoms with Gasteiger partial charge in [0.25, 0.3) is 5.91 Å². The minimum absolute atomic E-state index is 0.220. The summed E-state index contributed by atoms with van der Waals surface area (Å²) in [6.45, 7) is 0.359. The first-order valence-electron chi connectivity index (χ1n) is 6.38. The van der Waals surface area contributed by atoms with Crippen molar-refractivity contribution in [2.75, 3.05) is 14.2 Å². The Morgan fingerprint density at radius 3 is 2.29 bits per heavy atom. The zero-order valence-electron chi connectivity index (χ0n) is 11.9. The van der Waals surface area contributed by atoms with Crippen molar-refractivity contribution < 1.29 is 14.3 Å². The molecule has 0 fully saturated rings. The molecular weight excluding hydrogens is 290 g/mol. The van der Waals surface area contributed by atoms with E-state index in [0.717, 1.165) is 5.56 Å². The number of amides is 1. The fraction of sp³-hybridized carbons (Fsp3) is 0.188. The molecule has 0 radical (unpaired) electrons. The SMILES string of the molecule is COc1cc(CNC(=O)c2ccccc2Cl)cc(OC)c1. The monoisotopic (exact) mass is 305 g/mol. The summed E-state index contributed by atoms with van der Waals surface area (Å²) in [7, 11) is 3.17. The van der Waals surface area contributed by atoms with E-state index in [4.69, 9.17) is 21.1 Å². The van der Waals surface area contributed by atoms with Gasteiger partial charge in [0.15, 0.2) is 0 Å². The normalized spacial score (nSPS) is 10.0. The van der Waals surface area contributed by atoms with E-state index < -0.39 is 0 Å². The van der Waals surface area contributed by atoms with E-state index in [1.807, 2.05) is 12.1 Å². The van der Waals surface area contributed by atoms with Crippen LogP contribution in [0.3, 0.4) is 0 Å². The van der Waals surface area contributed by atoms with Crippen molar-refractivity contribution >= 4 is 17.5 Å². The molecule has 0 saturated carbocycles. The van der Waals surface area contributed by atoms with E-state index in [1.165, 1.54) is 0 Å². The lowest BCUT2D eigenvalue weighted by Gasteiger charge is -2.10. The molecule has 1 N–H and O–H groups in total. The van der Waals surface area contributed by atoms with Gasteiger partial charge in [-0.1, -0.05) is 23.7 Å².